The van der Waals surface area contributed by atoms with Gasteiger partial charge < -0.3 is 15.0 Å². The van der Waals surface area contributed by atoms with Gasteiger partial charge in [0.25, 0.3) is 11.8 Å². The lowest BCUT2D eigenvalue weighted by molar-refractivity contribution is -0.130. The summed E-state index contributed by atoms with van der Waals surface area (Å²) in [6, 6.07) is 12.1. The number of rotatable bonds is 6. The summed E-state index contributed by atoms with van der Waals surface area (Å²) < 4.78 is 36.9. The third-order valence-electron chi connectivity index (χ3n) is 7.88. The van der Waals surface area contributed by atoms with Gasteiger partial charge in [-0.1, -0.05) is 12.6 Å². The largest absolute Gasteiger partial charge is 0.490 e. The summed E-state index contributed by atoms with van der Waals surface area (Å²) >= 11 is 1.51. The fourth-order valence-electron chi connectivity index (χ4n) is 5.87. The van der Waals surface area contributed by atoms with Gasteiger partial charge in [-0.3, -0.25) is 9.59 Å². The van der Waals surface area contributed by atoms with Crippen molar-refractivity contribution in [1.82, 2.24) is 30.0 Å². The fourth-order valence-corrected chi connectivity index (χ4v) is 6.82. The molecule has 45 heavy (non-hydrogen) atoms. The summed E-state index contributed by atoms with van der Waals surface area (Å²) in [5.41, 5.74) is 4.86. The van der Waals surface area contributed by atoms with E-state index in [0.29, 0.717) is 65.0 Å². The Morgan fingerprint density at radius 2 is 1.91 bits per heavy atom. The van der Waals surface area contributed by atoms with Crippen LogP contribution in [0.2, 0.25) is 0 Å². The molecule has 0 fully saturated rings. The van der Waals surface area contributed by atoms with E-state index in [1.807, 2.05) is 43.5 Å². The van der Waals surface area contributed by atoms with Crippen molar-refractivity contribution in [1.29, 1.82) is 0 Å². The maximum Gasteiger partial charge on any atom is 0.282 e. The first kappa shape index (κ1) is 28.8. The number of carbonyl (C=O) groups excluding carboxylic acids is 2. The molecular formula is C33H28F2N6O3S. The lowest BCUT2D eigenvalue weighted by Crippen LogP contribution is -2.38. The molecule has 0 saturated heterocycles. The fraction of sp³-hybridized carbons (Fsp3) is 0.242. The second kappa shape index (κ2) is 11.2. The molecule has 0 bridgehead atoms. The Bertz CT molecular complexity index is 2030. The highest BCUT2D eigenvalue weighted by Gasteiger charge is 2.29. The van der Waals surface area contributed by atoms with Crippen LogP contribution in [0.1, 0.15) is 35.6 Å². The SMILES string of the molecule is C=C(F)C(=O)N1CCn2nc(-c3nc(-c4ccc5c(c4)CCNC5=O)c4ccsc4c3-c3ccc(F)cc3OC(C)C)nc2C1. The minimum absolute atomic E-state index is 0.0589. The van der Waals surface area contributed by atoms with Gasteiger partial charge in [-0.2, -0.15) is 0 Å². The molecule has 5 aromatic rings. The van der Waals surface area contributed by atoms with Crippen molar-refractivity contribution in [3.63, 3.8) is 0 Å². The predicted molar refractivity (Wildman–Crippen MR) is 167 cm³/mol. The molecule has 0 atom stereocenters. The van der Waals surface area contributed by atoms with E-state index < -0.39 is 17.6 Å². The molecule has 228 valence electrons. The highest BCUT2D eigenvalue weighted by molar-refractivity contribution is 7.18. The molecule has 0 radical (unpaired) electrons. The number of thiophene rings is 1. The molecule has 7 rings (SSSR count). The van der Waals surface area contributed by atoms with Gasteiger partial charge in [-0.25, -0.2) is 23.4 Å². The number of fused-ring (bicyclic) bond motifs is 3. The average molecular weight is 627 g/mol. The number of aromatic nitrogens is 4. The lowest BCUT2D eigenvalue weighted by Gasteiger charge is -2.25. The normalized spacial score (nSPS) is 14.3. The van der Waals surface area contributed by atoms with Crippen LogP contribution < -0.4 is 10.1 Å². The van der Waals surface area contributed by atoms with Crippen molar-refractivity contribution in [2.24, 2.45) is 0 Å². The maximum absolute atomic E-state index is 14.5. The molecule has 2 aromatic carbocycles. The van der Waals surface area contributed by atoms with Crippen LogP contribution in [0.5, 0.6) is 5.75 Å². The van der Waals surface area contributed by atoms with Crippen LogP contribution in [0, 0.1) is 5.82 Å². The van der Waals surface area contributed by atoms with E-state index in [4.69, 9.17) is 19.8 Å². The van der Waals surface area contributed by atoms with Crippen molar-refractivity contribution >= 4 is 33.2 Å². The Hall–Kier alpha value is -4.97. The van der Waals surface area contributed by atoms with E-state index in [2.05, 4.69) is 11.9 Å². The monoisotopic (exact) mass is 626 g/mol. The number of pyridine rings is 1. The smallest absolute Gasteiger partial charge is 0.282 e. The van der Waals surface area contributed by atoms with Crippen LogP contribution in [-0.4, -0.2) is 55.7 Å². The zero-order valence-electron chi connectivity index (χ0n) is 24.6. The first-order chi connectivity index (χ1) is 21.7. The Labute approximate surface area is 261 Å². The van der Waals surface area contributed by atoms with E-state index in [1.54, 1.807) is 10.7 Å². The van der Waals surface area contributed by atoms with Gasteiger partial charge in [0.1, 0.15) is 23.1 Å². The van der Waals surface area contributed by atoms with Crippen molar-refractivity contribution in [3.8, 4) is 39.7 Å². The molecule has 0 spiro atoms. The molecule has 0 aliphatic carbocycles. The van der Waals surface area contributed by atoms with E-state index in [-0.39, 0.29) is 25.1 Å². The van der Waals surface area contributed by atoms with Gasteiger partial charge in [0.05, 0.1) is 24.9 Å². The molecule has 2 aliphatic heterocycles. The summed E-state index contributed by atoms with van der Waals surface area (Å²) in [7, 11) is 0. The molecule has 1 N–H and O–H groups in total. The van der Waals surface area contributed by atoms with Crippen molar-refractivity contribution in [3.05, 3.63) is 83.0 Å². The number of halogens is 2. The molecule has 0 saturated carbocycles. The van der Waals surface area contributed by atoms with E-state index in [1.165, 1.54) is 28.4 Å². The Kier molecular flexibility index (Phi) is 7.16. The highest BCUT2D eigenvalue weighted by Crippen LogP contribution is 2.46. The first-order valence-corrected chi connectivity index (χ1v) is 15.4. The Balaban J connectivity index is 1.46. The van der Waals surface area contributed by atoms with Crippen molar-refractivity contribution < 1.29 is 23.1 Å². The van der Waals surface area contributed by atoms with E-state index in [0.717, 1.165) is 21.2 Å². The quantitative estimate of drug-likeness (QED) is 0.235. The number of amides is 2. The number of nitrogens with zero attached hydrogens (tertiary/aromatic N) is 5. The maximum atomic E-state index is 14.5. The van der Waals surface area contributed by atoms with Crippen LogP contribution >= 0.6 is 11.3 Å². The van der Waals surface area contributed by atoms with Gasteiger partial charge in [0.15, 0.2) is 5.83 Å². The van der Waals surface area contributed by atoms with Crippen molar-refractivity contribution in [2.75, 3.05) is 13.1 Å². The molecule has 2 aliphatic rings. The summed E-state index contributed by atoms with van der Waals surface area (Å²) in [4.78, 5) is 36.1. The Morgan fingerprint density at radius 1 is 1.09 bits per heavy atom. The summed E-state index contributed by atoms with van der Waals surface area (Å²) in [6.45, 7) is 8.07. The molecule has 9 nitrogen and oxygen atoms in total. The average Bonchev–Trinajstić information content (AvgIpc) is 3.67. The third-order valence-corrected chi connectivity index (χ3v) is 8.81. The summed E-state index contributed by atoms with van der Waals surface area (Å²) in [5, 5.41) is 10.5. The number of benzene rings is 2. The molecular weight excluding hydrogens is 598 g/mol. The zero-order chi connectivity index (χ0) is 31.4. The lowest BCUT2D eigenvalue weighted by atomic mass is 9.94. The number of ether oxygens (including phenoxy) is 1. The third kappa shape index (κ3) is 5.14. The van der Waals surface area contributed by atoms with Gasteiger partial charge in [-0.15, -0.1) is 16.4 Å². The number of hydrogen-bond donors (Lipinski definition) is 1. The van der Waals surface area contributed by atoms with Crippen LogP contribution in [0.3, 0.4) is 0 Å². The van der Waals surface area contributed by atoms with E-state index >= 15 is 0 Å². The summed E-state index contributed by atoms with van der Waals surface area (Å²) in [5.74, 6) is -1.20. The minimum atomic E-state index is -1.03. The standard InChI is InChI=1S/C33H28F2N6O3S/c1-17(2)44-25-15-21(35)5-7-23(25)27-29(31-37-26-16-40(33(43)18(3)34)11-12-41(26)39-31)38-28(24-9-13-45-30(24)27)20-4-6-22-19(14-20)8-10-36-32(22)42/h4-7,9,13-15,17H,3,8,10-12,16H2,1-2H3,(H,36,42). The number of nitrogens with one attached hydrogen (secondary N) is 1. The van der Waals surface area contributed by atoms with Gasteiger partial charge in [0.2, 0.25) is 5.82 Å². The van der Waals surface area contributed by atoms with Crippen LogP contribution in [-0.2, 0) is 24.3 Å². The first-order valence-electron chi connectivity index (χ1n) is 14.5. The Morgan fingerprint density at radius 3 is 2.71 bits per heavy atom. The van der Waals surface area contributed by atoms with E-state index in [9.17, 15) is 18.4 Å². The topological polar surface area (TPSA) is 102 Å². The zero-order valence-corrected chi connectivity index (χ0v) is 25.4. The minimum Gasteiger partial charge on any atom is -0.490 e. The van der Waals surface area contributed by atoms with Crippen molar-refractivity contribution in [2.45, 2.75) is 39.5 Å². The molecule has 0 unspecified atom stereocenters. The second-order valence-corrected chi connectivity index (χ2v) is 12.2. The highest BCUT2D eigenvalue weighted by atomic mass is 32.1. The number of hydrogen-bond acceptors (Lipinski definition) is 7. The second-order valence-electron chi connectivity index (χ2n) is 11.2. The molecule has 12 heteroatoms. The molecule has 3 aromatic heterocycles. The van der Waals surface area contributed by atoms with Crippen LogP contribution in [0.15, 0.2) is 60.3 Å². The number of carbonyl (C=O) groups is 2. The molecule has 5 heterocycles. The predicted octanol–water partition coefficient (Wildman–Crippen LogP) is 5.93. The van der Waals surface area contributed by atoms with Crippen LogP contribution in [0.25, 0.3) is 44.0 Å². The van der Waals surface area contributed by atoms with Gasteiger partial charge in [-0.05, 0) is 61.5 Å². The van der Waals surface area contributed by atoms with Gasteiger partial charge in [0, 0.05) is 51.5 Å². The van der Waals surface area contributed by atoms with Gasteiger partial charge >= 0.3 is 0 Å². The summed E-state index contributed by atoms with van der Waals surface area (Å²) in [6.07, 6.45) is 0.480. The molecule has 2 amide bonds. The van der Waals surface area contributed by atoms with Crippen LogP contribution in [0.4, 0.5) is 8.78 Å².